The number of nitrogens with two attached hydrogens (primary N) is 1. The fourth-order valence-electron chi connectivity index (χ4n) is 4.08. The Morgan fingerprint density at radius 1 is 1.15 bits per heavy atom. The second-order valence-electron chi connectivity index (χ2n) is 9.58. The van der Waals surface area contributed by atoms with E-state index >= 15 is 0 Å². The summed E-state index contributed by atoms with van der Waals surface area (Å²) >= 11 is 0. The van der Waals surface area contributed by atoms with E-state index in [1.807, 2.05) is 39.0 Å². The number of amides is 2. The van der Waals surface area contributed by atoms with Gasteiger partial charge >= 0.3 is 0 Å². The average Bonchev–Trinajstić information content (AvgIpc) is 3.44. The number of pyridine rings is 1. The summed E-state index contributed by atoms with van der Waals surface area (Å²) in [6.45, 7) is 9.73. The minimum absolute atomic E-state index is 0.187. The van der Waals surface area contributed by atoms with Gasteiger partial charge in [-0.1, -0.05) is 32.0 Å². The number of hydrogen-bond acceptors (Lipinski definition) is 6. The highest BCUT2D eigenvalue weighted by Gasteiger charge is 2.27. The van der Waals surface area contributed by atoms with Crippen LogP contribution in [0.3, 0.4) is 0 Å². The molecular weight excluding hydrogens is 418 g/mol. The maximum atomic E-state index is 12.9. The van der Waals surface area contributed by atoms with Crippen LogP contribution in [0.2, 0.25) is 0 Å². The third-order valence-electron chi connectivity index (χ3n) is 6.03. The van der Waals surface area contributed by atoms with Gasteiger partial charge in [-0.3, -0.25) is 14.6 Å². The number of nitrogens with zero attached hydrogens (tertiary/aromatic N) is 3. The lowest BCUT2D eigenvalue weighted by Gasteiger charge is -2.20. The average molecular weight is 448 g/mol. The van der Waals surface area contributed by atoms with Gasteiger partial charge in [0.05, 0.1) is 17.4 Å². The van der Waals surface area contributed by atoms with Crippen LogP contribution < -0.4 is 16.0 Å². The lowest BCUT2D eigenvalue weighted by Crippen LogP contribution is -2.21. The first kappa shape index (κ1) is 22.5. The summed E-state index contributed by atoms with van der Waals surface area (Å²) in [7, 11) is 0. The van der Waals surface area contributed by atoms with Crippen LogP contribution in [-0.2, 0) is 5.41 Å². The van der Waals surface area contributed by atoms with Gasteiger partial charge in [0.1, 0.15) is 5.76 Å². The summed E-state index contributed by atoms with van der Waals surface area (Å²) in [6.07, 6.45) is 4.16. The number of rotatable bonds is 5. The van der Waals surface area contributed by atoms with Crippen molar-refractivity contribution in [2.24, 2.45) is 5.73 Å². The van der Waals surface area contributed by atoms with Crippen LogP contribution in [0.5, 0.6) is 0 Å². The molecule has 3 N–H and O–H groups in total. The van der Waals surface area contributed by atoms with Crippen LogP contribution >= 0.6 is 0 Å². The summed E-state index contributed by atoms with van der Waals surface area (Å²) in [5.74, 6) is 0.661. The summed E-state index contributed by atoms with van der Waals surface area (Å²) in [6, 6.07) is 9.30. The van der Waals surface area contributed by atoms with Crippen LogP contribution in [0.4, 0.5) is 11.5 Å². The molecule has 0 radical (unpaired) electrons. The first-order chi connectivity index (χ1) is 15.6. The Morgan fingerprint density at radius 2 is 1.94 bits per heavy atom. The van der Waals surface area contributed by atoms with E-state index in [1.165, 1.54) is 6.20 Å². The highest BCUT2D eigenvalue weighted by molar-refractivity contribution is 6.04. The van der Waals surface area contributed by atoms with Crippen molar-refractivity contribution in [1.29, 1.82) is 0 Å². The predicted octanol–water partition coefficient (Wildman–Crippen LogP) is 4.02. The first-order valence-electron chi connectivity index (χ1n) is 11.0. The topological polar surface area (TPSA) is 114 Å². The number of anilines is 2. The number of carbonyl (C=O) groups excluding carboxylic acids is 2. The number of nitrogens with one attached hydrogen (secondary N) is 1. The zero-order valence-corrected chi connectivity index (χ0v) is 19.4. The third-order valence-corrected chi connectivity index (χ3v) is 6.03. The molecule has 1 aliphatic heterocycles. The van der Waals surface area contributed by atoms with Gasteiger partial charge in [0.25, 0.3) is 5.91 Å². The monoisotopic (exact) mass is 447 g/mol. The fourth-order valence-corrected chi connectivity index (χ4v) is 4.08. The number of benzene rings is 1. The molecule has 3 aromatic rings. The fraction of sp³-hybridized carbons (Fsp3) is 0.360. The summed E-state index contributed by atoms with van der Waals surface area (Å²) < 4.78 is 5.36. The standard InChI is InChI=1S/C25H29N5O3/c1-15-5-6-16(24(32)28-22-11-21(33-29-22)25(2,3)4)10-20(15)17-7-8-30(14-17)19-9-18(23(26)31)12-27-13-19/h5-6,9-13,17H,7-8,14H2,1-4H3,(H2,26,31)(H,28,29,32)/t17-/m1/s1. The summed E-state index contributed by atoms with van der Waals surface area (Å²) in [4.78, 5) is 30.7. The highest BCUT2D eigenvalue weighted by atomic mass is 16.5. The Morgan fingerprint density at radius 3 is 2.64 bits per heavy atom. The van der Waals surface area contributed by atoms with Gasteiger partial charge in [0.2, 0.25) is 5.91 Å². The van der Waals surface area contributed by atoms with Crippen LogP contribution in [0.15, 0.2) is 47.2 Å². The molecule has 0 unspecified atom stereocenters. The Bertz CT molecular complexity index is 1190. The van der Waals surface area contributed by atoms with Gasteiger partial charge in [-0.15, -0.1) is 0 Å². The second-order valence-corrected chi connectivity index (χ2v) is 9.58. The molecule has 172 valence electrons. The van der Waals surface area contributed by atoms with Gasteiger partial charge in [-0.2, -0.15) is 0 Å². The minimum atomic E-state index is -0.489. The molecule has 1 aromatic carbocycles. The summed E-state index contributed by atoms with van der Waals surface area (Å²) in [5, 5.41) is 6.81. The Hall–Kier alpha value is -3.68. The number of carbonyl (C=O) groups is 2. The Labute approximate surface area is 193 Å². The zero-order valence-electron chi connectivity index (χ0n) is 19.4. The van der Waals surface area contributed by atoms with Crippen LogP contribution in [0.25, 0.3) is 0 Å². The van der Waals surface area contributed by atoms with E-state index in [0.717, 1.165) is 36.3 Å². The molecule has 0 aliphatic carbocycles. The van der Waals surface area contributed by atoms with Crippen LogP contribution in [-0.4, -0.2) is 35.0 Å². The molecule has 2 amide bonds. The zero-order chi connectivity index (χ0) is 23.8. The van der Waals surface area contributed by atoms with Crippen molar-refractivity contribution >= 4 is 23.3 Å². The molecule has 1 aliphatic rings. The molecule has 3 heterocycles. The van der Waals surface area contributed by atoms with Gasteiger partial charge < -0.3 is 20.5 Å². The molecule has 1 atom stereocenters. The van der Waals surface area contributed by atoms with E-state index in [9.17, 15) is 9.59 Å². The van der Waals surface area contributed by atoms with Gasteiger partial charge in [0, 0.05) is 42.2 Å². The molecule has 1 saturated heterocycles. The van der Waals surface area contributed by atoms with Crippen molar-refractivity contribution in [2.75, 3.05) is 23.3 Å². The lowest BCUT2D eigenvalue weighted by atomic mass is 9.92. The van der Waals surface area contributed by atoms with E-state index in [-0.39, 0.29) is 17.2 Å². The molecule has 2 aromatic heterocycles. The highest BCUT2D eigenvalue weighted by Crippen LogP contribution is 2.33. The van der Waals surface area contributed by atoms with Crippen molar-refractivity contribution < 1.29 is 14.1 Å². The van der Waals surface area contributed by atoms with Crippen LogP contribution in [0.1, 0.15) is 70.7 Å². The van der Waals surface area contributed by atoms with Gasteiger partial charge in [-0.05, 0) is 42.7 Å². The molecule has 0 saturated carbocycles. The molecule has 4 rings (SSSR count). The second kappa shape index (κ2) is 8.69. The SMILES string of the molecule is Cc1ccc(C(=O)Nc2cc(C(C)(C)C)on2)cc1[C@@H]1CCN(c2cncc(C(N)=O)c2)C1. The molecule has 1 fully saturated rings. The Kier molecular flexibility index (Phi) is 5.93. The largest absolute Gasteiger partial charge is 0.370 e. The van der Waals surface area contributed by atoms with E-state index in [1.54, 1.807) is 18.3 Å². The van der Waals surface area contributed by atoms with Crippen molar-refractivity contribution in [3.63, 3.8) is 0 Å². The van der Waals surface area contributed by atoms with Gasteiger partial charge in [-0.25, -0.2) is 0 Å². The van der Waals surface area contributed by atoms with E-state index < -0.39 is 5.91 Å². The third kappa shape index (κ3) is 4.89. The quantitative estimate of drug-likeness (QED) is 0.611. The maximum absolute atomic E-state index is 12.9. The van der Waals surface area contributed by atoms with Crippen molar-refractivity contribution in [3.05, 3.63) is 70.7 Å². The number of primary amides is 1. The minimum Gasteiger partial charge on any atom is -0.370 e. The maximum Gasteiger partial charge on any atom is 0.256 e. The van der Waals surface area contributed by atoms with E-state index in [4.69, 9.17) is 10.3 Å². The van der Waals surface area contributed by atoms with Gasteiger partial charge in [0.15, 0.2) is 5.82 Å². The summed E-state index contributed by atoms with van der Waals surface area (Å²) in [5.41, 5.74) is 9.33. The first-order valence-corrected chi connectivity index (χ1v) is 11.0. The van der Waals surface area contributed by atoms with Crippen LogP contribution in [0, 0.1) is 6.92 Å². The number of aromatic nitrogens is 2. The van der Waals surface area contributed by atoms with E-state index in [2.05, 4.69) is 27.3 Å². The molecular formula is C25H29N5O3. The number of aryl methyl sites for hydroxylation is 1. The molecule has 8 heteroatoms. The molecule has 33 heavy (non-hydrogen) atoms. The Balaban J connectivity index is 1.49. The number of hydrogen-bond donors (Lipinski definition) is 2. The molecule has 0 bridgehead atoms. The van der Waals surface area contributed by atoms with Crippen molar-refractivity contribution in [2.45, 2.75) is 45.4 Å². The van der Waals surface area contributed by atoms with Crippen molar-refractivity contribution in [1.82, 2.24) is 10.1 Å². The molecule has 0 spiro atoms. The smallest absolute Gasteiger partial charge is 0.256 e. The lowest BCUT2D eigenvalue weighted by molar-refractivity contribution is 0.0997. The van der Waals surface area contributed by atoms with E-state index in [0.29, 0.717) is 22.7 Å². The molecule has 8 nitrogen and oxygen atoms in total. The predicted molar refractivity (Wildman–Crippen MR) is 127 cm³/mol. The van der Waals surface area contributed by atoms with Crippen molar-refractivity contribution in [3.8, 4) is 0 Å². The normalized spacial score (nSPS) is 16.1.